The molecule has 9 heteroatoms. The van der Waals surface area contributed by atoms with E-state index in [0.717, 1.165) is 18.0 Å². The molecule has 0 fully saturated rings. The summed E-state index contributed by atoms with van der Waals surface area (Å²) in [5.41, 5.74) is 7.69. The molecule has 0 saturated carbocycles. The molecule has 0 amide bonds. The van der Waals surface area contributed by atoms with E-state index < -0.39 is 11.7 Å². The van der Waals surface area contributed by atoms with Crippen molar-refractivity contribution in [3.63, 3.8) is 0 Å². The largest absolute Gasteiger partial charge is 0.413 e. The van der Waals surface area contributed by atoms with E-state index in [-0.39, 0.29) is 12.5 Å². The average Bonchev–Trinajstić information content (AvgIpc) is 2.85. The van der Waals surface area contributed by atoms with Crippen LogP contribution in [0.1, 0.15) is 50.6 Å². The van der Waals surface area contributed by atoms with E-state index in [1.807, 2.05) is 26.0 Å². The number of benzene rings is 2. The zero-order chi connectivity index (χ0) is 27.7. The molecule has 0 saturated heterocycles. The van der Waals surface area contributed by atoms with Crippen LogP contribution in [0.5, 0.6) is 0 Å². The molecule has 0 aliphatic rings. The monoisotopic (exact) mass is 527 g/mol. The first-order valence-electron chi connectivity index (χ1n) is 12.7. The molecule has 0 aliphatic heterocycles. The minimum absolute atomic E-state index is 0.140. The van der Waals surface area contributed by atoms with Gasteiger partial charge < -0.3 is 21.1 Å². The van der Waals surface area contributed by atoms with E-state index in [1.54, 1.807) is 18.2 Å². The molecule has 0 bridgehead atoms. The maximum atomic E-state index is 13.5. The van der Waals surface area contributed by atoms with Crippen molar-refractivity contribution in [2.24, 2.45) is 5.73 Å². The van der Waals surface area contributed by atoms with Crippen LogP contribution in [-0.4, -0.2) is 35.4 Å². The number of aromatic nitrogens is 2. The van der Waals surface area contributed by atoms with Crippen molar-refractivity contribution in [2.45, 2.75) is 58.9 Å². The van der Waals surface area contributed by atoms with E-state index in [2.05, 4.69) is 41.6 Å². The molecule has 1 aromatic heterocycles. The Hall–Kier alpha value is -3.43. The van der Waals surface area contributed by atoms with Gasteiger partial charge in [0.2, 0.25) is 0 Å². The van der Waals surface area contributed by atoms with Crippen LogP contribution in [0, 0.1) is 0 Å². The van der Waals surface area contributed by atoms with Crippen molar-refractivity contribution in [3.8, 4) is 0 Å². The third-order valence-electron chi connectivity index (χ3n) is 5.83. The van der Waals surface area contributed by atoms with E-state index in [9.17, 15) is 13.2 Å². The third kappa shape index (κ3) is 8.56. The van der Waals surface area contributed by atoms with E-state index in [4.69, 9.17) is 15.5 Å². The Bertz CT molecular complexity index is 1250. The first kappa shape index (κ1) is 29.1. The maximum Gasteiger partial charge on any atom is 0.413 e. The van der Waals surface area contributed by atoms with Crippen molar-refractivity contribution in [1.29, 1.82) is 0 Å². The maximum absolute atomic E-state index is 13.5. The number of fused-ring (bicyclic) bond motifs is 1. The molecule has 6 nitrogen and oxygen atoms in total. The first-order chi connectivity index (χ1) is 18.1. The van der Waals surface area contributed by atoms with Gasteiger partial charge in [-0.1, -0.05) is 38.1 Å². The molecule has 0 atom stereocenters. The molecule has 2 aromatic carbocycles. The van der Waals surface area contributed by atoms with E-state index in [0.29, 0.717) is 53.7 Å². The number of halogens is 3. The number of hydrogen-bond donors (Lipinski definition) is 3. The standard InChI is InChI=1S/C29H36F3N5O/c1-19(2)22-8-10-24(11-9-22)35-28-25-12-7-21(16-23(6-5-13-33)29(30,31)32)17-26(25)36-27(37-28)18-34-14-15-38-20(3)4/h5-13,17,19-20,34H,14-16,18,33H2,1-4H3,(H,35,36,37)/b13-5-,23-6+. The number of rotatable bonds is 12. The van der Waals surface area contributed by atoms with Gasteiger partial charge in [-0.3, -0.25) is 0 Å². The minimum atomic E-state index is -4.47. The summed E-state index contributed by atoms with van der Waals surface area (Å²) in [6.07, 6.45) is -1.37. The topological polar surface area (TPSA) is 85.1 Å². The quantitative estimate of drug-likeness (QED) is 0.184. The number of ether oxygens (including phenoxy) is 1. The smallest absolute Gasteiger partial charge is 0.405 e. The molecular weight excluding hydrogens is 491 g/mol. The number of hydrogen-bond acceptors (Lipinski definition) is 6. The average molecular weight is 528 g/mol. The summed E-state index contributed by atoms with van der Waals surface area (Å²) in [6.45, 7) is 9.77. The third-order valence-corrected chi connectivity index (χ3v) is 5.83. The zero-order valence-corrected chi connectivity index (χ0v) is 22.3. The molecule has 38 heavy (non-hydrogen) atoms. The lowest BCUT2D eigenvalue weighted by molar-refractivity contribution is -0.0931. The molecule has 204 valence electrons. The second-order valence-corrected chi connectivity index (χ2v) is 9.59. The van der Waals surface area contributed by atoms with Crippen LogP contribution in [0.25, 0.3) is 10.9 Å². The van der Waals surface area contributed by atoms with Gasteiger partial charge in [0.25, 0.3) is 0 Å². The van der Waals surface area contributed by atoms with Crippen LogP contribution >= 0.6 is 0 Å². The van der Waals surface area contributed by atoms with Gasteiger partial charge in [0.05, 0.1) is 24.8 Å². The van der Waals surface area contributed by atoms with Gasteiger partial charge in [0.15, 0.2) is 0 Å². The van der Waals surface area contributed by atoms with Crippen LogP contribution in [0.2, 0.25) is 0 Å². The van der Waals surface area contributed by atoms with E-state index in [1.165, 1.54) is 11.6 Å². The van der Waals surface area contributed by atoms with Gasteiger partial charge in [-0.15, -0.1) is 0 Å². The van der Waals surface area contributed by atoms with Crippen molar-refractivity contribution in [2.75, 3.05) is 18.5 Å². The summed E-state index contributed by atoms with van der Waals surface area (Å²) >= 11 is 0. The predicted molar refractivity (Wildman–Crippen MR) is 147 cm³/mol. The Balaban J connectivity index is 1.93. The molecule has 3 aromatic rings. The van der Waals surface area contributed by atoms with Gasteiger partial charge >= 0.3 is 6.18 Å². The van der Waals surface area contributed by atoms with Gasteiger partial charge in [0.1, 0.15) is 11.6 Å². The lowest BCUT2D eigenvalue weighted by atomic mass is 10.0. The summed E-state index contributed by atoms with van der Waals surface area (Å²) in [5.74, 6) is 1.53. The first-order valence-corrected chi connectivity index (χ1v) is 12.7. The number of nitrogens with one attached hydrogen (secondary N) is 2. The van der Waals surface area contributed by atoms with Crippen LogP contribution in [0.15, 0.2) is 66.4 Å². The highest BCUT2D eigenvalue weighted by Gasteiger charge is 2.33. The highest BCUT2D eigenvalue weighted by molar-refractivity contribution is 5.91. The summed E-state index contributed by atoms with van der Waals surface area (Å²) in [6, 6.07) is 13.2. The van der Waals surface area contributed by atoms with Crippen LogP contribution in [0.3, 0.4) is 0 Å². The normalized spacial score (nSPS) is 12.8. The summed E-state index contributed by atoms with van der Waals surface area (Å²) in [5, 5.41) is 7.35. The molecule has 0 unspecified atom stereocenters. The highest BCUT2D eigenvalue weighted by Crippen LogP contribution is 2.31. The van der Waals surface area contributed by atoms with Crippen molar-refractivity contribution >= 4 is 22.4 Å². The number of allylic oxidation sites excluding steroid dienone is 3. The lowest BCUT2D eigenvalue weighted by Gasteiger charge is -2.15. The molecule has 4 N–H and O–H groups in total. The Morgan fingerprint density at radius 1 is 1.05 bits per heavy atom. The van der Waals surface area contributed by atoms with Crippen LogP contribution < -0.4 is 16.4 Å². The minimum Gasteiger partial charge on any atom is -0.405 e. The molecule has 0 aliphatic carbocycles. The van der Waals surface area contributed by atoms with Gasteiger partial charge in [-0.25, -0.2) is 9.97 Å². The fourth-order valence-corrected chi connectivity index (χ4v) is 3.81. The lowest BCUT2D eigenvalue weighted by Crippen LogP contribution is -2.22. The second kappa shape index (κ2) is 13.4. The number of nitrogens with two attached hydrogens (primary N) is 1. The summed E-state index contributed by atoms with van der Waals surface area (Å²) < 4.78 is 46.2. The SMILES string of the molecule is CC(C)OCCNCc1nc(Nc2ccc(C(C)C)cc2)c2ccc(C/C(=C\C=C/N)C(F)(F)F)cc2n1. The summed E-state index contributed by atoms with van der Waals surface area (Å²) in [4.78, 5) is 9.37. The fraction of sp³-hybridized carbons (Fsp3) is 0.379. The Kier molecular flexibility index (Phi) is 10.3. The van der Waals surface area contributed by atoms with Crippen molar-refractivity contribution in [1.82, 2.24) is 15.3 Å². The molecule has 1 heterocycles. The van der Waals surface area contributed by atoms with Crippen molar-refractivity contribution < 1.29 is 17.9 Å². The number of alkyl halides is 3. The summed E-state index contributed by atoms with van der Waals surface area (Å²) in [7, 11) is 0. The second-order valence-electron chi connectivity index (χ2n) is 9.59. The molecule has 0 spiro atoms. The van der Waals surface area contributed by atoms with Gasteiger partial charge in [0, 0.05) is 29.6 Å². The van der Waals surface area contributed by atoms with Crippen molar-refractivity contribution in [3.05, 3.63) is 83.3 Å². The number of nitrogens with zero attached hydrogens (tertiary/aromatic N) is 2. The van der Waals surface area contributed by atoms with Gasteiger partial charge in [-0.05, 0) is 67.4 Å². The Morgan fingerprint density at radius 2 is 1.79 bits per heavy atom. The van der Waals surface area contributed by atoms with Gasteiger partial charge in [-0.2, -0.15) is 13.2 Å². The molecule has 3 rings (SSSR count). The Labute approximate surface area is 222 Å². The Morgan fingerprint density at radius 3 is 2.42 bits per heavy atom. The highest BCUT2D eigenvalue weighted by atomic mass is 19.4. The van der Waals surface area contributed by atoms with E-state index >= 15 is 0 Å². The van der Waals surface area contributed by atoms with Crippen LogP contribution in [0.4, 0.5) is 24.7 Å². The predicted octanol–water partition coefficient (Wildman–Crippen LogP) is 6.52. The fourth-order valence-electron chi connectivity index (χ4n) is 3.81. The number of anilines is 2. The van der Waals surface area contributed by atoms with Crippen LogP contribution in [-0.2, 0) is 17.7 Å². The zero-order valence-electron chi connectivity index (χ0n) is 22.3. The molecule has 0 radical (unpaired) electrons. The molecular formula is C29H36F3N5O.